The first-order chi connectivity index (χ1) is 17.8. The van der Waals surface area contributed by atoms with Gasteiger partial charge in [-0.1, -0.05) is 0 Å². The highest BCUT2D eigenvalue weighted by Crippen LogP contribution is 2.24. The number of nitrogens with zero attached hydrogens (tertiary/aromatic N) is 2. The van der Waals surface area contributed by atoms with Crippen LogP contribution >= 0.6 is 0 Å². The Balaban J connectivity index is 1.26. The van der Waals surface area contributed by atoms with Crippen LogP contribution in [0.15, 0.2) is 58.3 Å². The molecule has 2 saturated heterocycles. The van der Waals surface area contributed by atoms with Gasteiger partial charge in [-0.05, 0) is 48.5 Å². The molecule has 0 aromatic heterocycles. The SMILES string of the molecule is O=S(=O)(NCCN1CCOCC1)c1ccc(Oc2ccc(S(=O)(=O)NCCN3CCOCC3)cc2)cc1. The second-order valence-electron chi connectivity index (χ2n) is 8.75. The Bertz CT molecular complexity index is 1100. The maximum Gasteiger partial charge on any atom is 0.240 e. The van der Waals surface area contributed by atoms with Gasteiger partial charge in [0.15, 0.2) is 0 Å². The lowest BCUT2D eigenvalue weighted by molar-refractivity contribution is 0.0389. The van der Waals surface area contributed by atoms with Gasteiger partial charge < -0.3 is 14.2 Å². The summed E-state index contributed by atoms with van der Waals surface area (Å²) in [6.45, 7) is 7.74. The van der Waals surface area contributed by atoms with E-state index in [9.17, 15) is 16.8 Å². The fraction of sp³-hybridized carbons (Fsp3) is 0.500. The number of hydrogen-bond donors (Lipinski definition) is 2. The second kappa shape index (κ2) is 13.1. The fourth-order valence-electron chi connectivity index (χ4n) is 4.00. The van der Waals surface area contributed by atoms with E-state index in [0.717, 1.165) is 26.2 Å². The molecule has 0 radical (unpaired) electrons. The first-order valence-electron chi connectivity index (χ1n) is 12.3. The van der Waals surface area contributed by atoms with E-state index >= 15 is 0 Å². The van der Waals surface area contributed by atoms with Gasteiger partial charge in [-0.2, -0.15) is 0 Å². The van der Waals surface area contributed by atoms with Crippen molar-refractivity contribution in [1.29, 1.82) is 0 Å². The number of ether oxygens (including phenoxy) is 3. The van der Waals surface area contributed by atoms with Crippen molar-refractivity contribution in [3.05, 3.63) is 48.5 Å². The molecule has 0 spiro atoms. The highest BCUT2D eigenvalue weighted by atomic mass is 32.2. The topological polar surface area (TPSA) is 127 Å². The summed E-state index contributed by atoms with van der Waals surface area (Å²) >= 11 is 0. The van der Waals surface area contributed by atoms with E-state index in [1.54, 1.807) is 24.3 Å². The number of rotatable bonds is 12. The molecule has 13 heteroatoms. The van der Waals surface area contributed by atoms with Crippen molar-refractivity contribution >= 4 is 20.0 Å². The standard InChI is InChI=1S/C24H34N4O7S2/c29-36(30,25-9-11-27-13-17-33-18-14-27)23-5-1-21(2-6-23)35-22-3-7-24(8-4-22)37(31,32)26-10-12-28-15-19-34-20-16-28/h1-8,25-26H,9-20H2. The normalized spacial score (nSPS) is 18.1. The summed E-state index contributed by atoms with van der Waals surface area (Å²) in [5.74, 6) is 0.873. The molecular weight excluding hydrogens is 520 g/mol. The van der Waals surface area contributed by atoms with Crippen molar-refractivity contribution in [1.82, 2.24) is 19.2 Å². The highest BCUT2D eigenvalue weighted by Gasteiger charge is 2.17. The van der Waals surface area contributed by atoms with Crippen molar-refractivity contribution in [2.75, 3.05) is 78.8 Å². The van der Waals surface area contributed by atoms with Crippen molar-refractivity contribution < 1.29 is 31.0 Å². The minimum absolute atomic E-state index is 0.145. The third-order valence-electron chi connectivity index (χ3n) is 6.15. The zero-order chi connectivity index (χ0) is 26.1. The molecule has 2 heterocycles. The number of morpholine rings is 2. The second-order valence-corrected chi connectivity index (χ2v) is 12.3. The molecule has 204 valence electrons. The zero-order valence-corrected chi connectivity index (χ0v) is 22.3. The molecule has 2 N–H and O–H groups in total. The van der Waals surface area contributed by atoms with Crippen LogP contribution in [-0.2, 0) is 29.5 Å². The van der Waals surface area contributed by atoms with E-state index in [1.165, 1.54) is 24.3 Å². The number of nitrogens with one attached hydrogen (secondary N) is 2. The lowest BCUT2D eigenvalue weighted by Crippen LogP contribution is -2.41. The fourth-order valence-corrected chi connectivity index (χ4v) is 6.04. The summed E-state index contributed by atoms with van der Waals surface area (Å²) in [6.07, 6.45) is 0. The average molecular weight is 555 g/mol. The molecule has 2 aliphatic rings. The first kappa shape index (κ1) is 27.9. The molecule has 2 aliphatic heterocycles. The lowest BCUT2D eigenvalue weighted by Gasteiger charge is -2.26. The molecule has 4 rings (SSSR count). The summed E-state index contributed by atoms with van der Waals surface area (Å²) in [7, 11) is -7.27. The summed E-state index contributed by atoms with van der Waals surface area (Å²) in [5, 5.41) is 0. The molecule has 37 heavy (non-hydrogen) atoms. The molecule has 11 nitrogen and oxygen atoms in total. The van der Waals surface area contributed by atoms with Crippen LogP contribution in [0.2, 0.25) is 0 Å². The zero-order valence-electron chi connectivity index (χ0n) is 20.7. The molecule has 2 fully saturated rings. The molecule has 2 aromatic carbocycles. The van der Waals surface area contributed by atoms with Crippen LogP contribution < -0.4 is 14.2 Å². The molecule has 2 aromatic rings. The molecule has 0 amide bonds. The summed E-state index contributed by atoms with van der Waals surface area (Å²) in [5.41, 5.74) is 0. The maximum atomic E-state index is 12.6. The van der Waals surface area contributed by atoms with Gasteiger partial charge in [0, 0.05) is 52.4 Å². The maximum absolute atomic E-state index is 12.6. The smallest absolute Gasteiger partial charge is 0.240 e. The summed E-state index contributed by atoms with van der Waals surface area (Å²) in [4.78, 5) is 4.60. The Morgan fingerprint density at radius 3 is 1.32 bits per heavy atom. The van der Waals surface area contributed by atoms with Gasteiger partial charge in [0.25, 0.3) is 0 Å². The number of sulfonamides is 2. The van der Waals surface area contributed by atoms with Gasteiger partial charge >= 0.3 is 0 Å². The van der Waals surface area contributed by atoms with Gasteiger partial charge in [0.05, 0.1) is 36.2 Å². The highest BCUT2D eigenvalue weighted by molar-refractivity contribution is 7.89. The van der Waals surface area contributed by atoms with Crippen LogP contribution in [-0.4, -0.2) is 105 Å². The van der Waals surface area contributed by atoms with E-state index in [4.69, 9.17) is 14.2 Å². The Labute approximate surface area is 218 Å². The predicted molar refractivity (Wildman–Crippen MR) is 138 cm³/mol. The third-order valence-corrected chi connectivity index (χ3v) is 9.11. The van der Waals surface area contributed by atoms with Crippen LogP contribution in [0, 0.1) is 0 Å². The van der Waals surface area contributed by atoms with E-state index in [2.05, 4.69) is 19.2 Å². The van der Waals surface area contributed by atoms with Crippen LogP contribution in [0.5, 0.6) is 11.5 Å². The Morgan fingerprint density at radius 1 is 0.622 bits per heavy atom. The molecule has 0 atom stereocenters. The van der Waals surface area contributed by atoms with Gasteiger partial charge in [-0.15, -0.1) is 0 Å². The van der Waals surface area contributed by atoms with Crippen LogP contribution in [0.25, 0.3) is 0 Å². The van der Waals surface area contributed by atoms with Crippen molar-refractivity contribution in [3.8, 4) is 11.5 Å². The predicted octanol–water partition coefficient (Wildman–Crippen LogP) is 0.700. The van der Waals surface area contributed by atoms with Crippen molar-refractivity contribution in [3.63, 3.8) is 0 Å². The molecule has 0 aliphatic carbocycles. The van der Waals surface area contributed by atoms with E-state index in [1.807, 2.05) is 0 Å². The molecule has 0 saturated carbocycles. The first-order valence-corrected chi connectivity index (χ1v) is 15.3. The van der Waals surface area contributed by atoms with E-state index < -0.39 is 20.0 Å². The van der Waals surface area contributed by atoms with Crippen molar-refractivity contribution in [2.24, 2.45) is 0 Å². The summed E-state index contributed by atoms with van der Waals surface area (Å²) < 4.78 is 71.9. The average Bonchev–Trinajstić information content (AvgIpc) is 2.90. The molecular formula is C24H34N4O7S2. The third kappa shape index (κ3) is 8.45. The Morgan fingerprint density at radius 2 is 0.973 bits per heavy atom. The van der Waals surface area contributed by atoms with E-state index in [0.29, 0.717) is 64.1 Å². The Hall–Kier alpha value is -2.10. The van der Waals surface area contributed by atoms with Gasteiger partial charge in [-0.3, -0.25) is 9.80 Å². The Kier molecular flexibility index (Phi) is 9.90. The van der Waals surface area contributed by atoms with Crippen molar-refractivity contribution in [2.45, 2.75) is 9.79 Å². The minimum Gasteiger partial charge on any atom is -0.457 e. The summed E-state index contributed by atoms with van der Waals surface area (Å²) in [6, 6.07) is 12.2. The van der Waals surface area contributed by atoms with E-state index in [-0.39, 0.29) is 9.79 Å². The number of hydrogen-bond acceptors (Lipinski definition) is 9. The van der Waals surface area contributed by atoms with Gasteiger partial charge in [0.1, 0.15) is 11.5 Å². The van der Waals surface area contributed by atoms with Crippen LogP contribution in [0.4, 0.5) is 0 Å². The minimum atomic E-state index is -3.63. The quantitative estimate of drug-likeness (QED) is 0.390. The largest absolute Gasteiger partial charge is 0.457 e. The molecule has 0 bridgehead atoms. The van der Waals surface area contributed by atoms with Gasteiger partial charge in [0.2, 0.25) is 20.0 Å². The molecule has 0 unspecified atom stereocenters. The van der Waals surface area contributed by atoms with Gasteiger partial charge in [-0.25, -0.2) is 26.3 Å². The lowest BCUT2D eigenvalue weighted by atomic mass is 10.3. The number of benzene rings is 2. The van der Waals surface area contributed by atoms with Crippen LogP contribution in [0.3, 0.4) is 0 Å². The van der Waals surface area contributed by atoms with Crippen LogP contribution in [0.1, 0.15) is 0 Å². The monoisotopic (exact) mass is 554 g/mol.